The Morgan fingerprint density at radius 3 is 2.76 bits per heavy atom. The average Bonchev–Trinajstić information content (AvgIpc) is 3.40. The lowest BCUT2D eigenvalue weighted by molar-refractivity contribution is 0.0941. The maximum atomic E-state index is 13.8. The molecule has 0 fully saturated rings. The predicted octanol–water partition coefficient (Wildman–Crippen LogP) is 5.08. The third kappa shape index (κ3) is 3.73. The van der Waals surface area contributed by atoms with Gasteiger partial charge in [-0.1, -0.05) is 0 Å². The Morgan fingerprint density at radius 1 is 1.18 bits per heavy atom. The Bertz CT molecular complexity index is 1320. The van der Waals surface area contributed by atoms with E-state index in [9.17, 15) is 14.0 Å². The molecule has 0 radical (unpaired) electrons. The van der Waals surface area contributed by atoms with Gasteiger partial charge in [-0.05, 0) is 76.3 Å². The zero-order valence-electron chi connectivity index (χ0n) is 19.4. The number of hydrogen-bond acceptors (Lipinski definition) is 5. The molecule has 5 rings (SSSR count). The maximum Gasteiger partial charge on any atom is 0.294 e. The first kappa shape index (κ1) is 22.1. The standard InChI is InChI=1S/C26H26FN3O4/c1-14-7-8-17-13-18(27)9-10-21(17)30(14)26(32)24-15(2)23-20(5-4-6-22(23)34-24)28-29-25(31)19-11-12-33-16(19)3/h9-14H,4-8H2,1-3H3,(H,29,31)/b28-20+. The number of nitrogens with zero attached hydrogens (tertiary/aromatic N) is 2. The van der Waals surface area contributed by atoms with Crippen LogP contribution in [0.3, 0.4) is 0 Å². The van der Waals surface area contributed by atoms with Gasteiger partial charge in [-0.3, -0.25) is 9.59 Å². The largest absolute Gasteiger partial charge is 0.469 e. The molecule has 2 aliphatic rings. The van der Waals surface area contributed by atoms with E-state index in [1.807, 2.05) is 13.8 Å². The minimum Gasteiger partial charge on any atom is -0.469 e. The van der Waals surface area contributed by atoms with Crippen LogP contribution in [-0.4, -0.2) is 23.6 Å². The molecule has 1 aromatic carbocycles. The third-order valence-electron chi connectivity index (χ3n) is 6.71. The van der Waals surface area contributed by atoms with Crippen LogP contribution in [0.1, 0.15) is 75.3 Å². The summed E-state index contributed by atoms with van der Waals surface area (Å²) in [5, 5.41) is 4.38. The normalized spacial score (nSPS) is 18.5. The molecule has 3 aromatic rings. The van der Waals surface area contributed by atoms with Gasteiger partial charge in [0.05, 0.1) is 17.5 Å². The van der Waals surface area contributed by atoms with Gasteiger partial charge in [-0.2, -0.15) is 5.10 Å². The zero-order chi connectivity index (χ0) is 24.0. The number of hydrazone groups is 1. The fourth-order valence-corrected chi connectivity index (χ4v) is 4.92. The summed E-state index contributed by atoms with van der Waals surface area (Å²) in [5.41, 5.74) is 6.74. The lowest BCUT2D eigenvalue weighted by Crippen LogP contribution is -2.42. The molecular formula is C26H26FN3O4. The number of carbonyl (C=O) groups excluding carboxylic acids is 2. The number of halogens is 1. The molecule has 1 N–H and O–H groups in total. The highest BCUT2D eigenvalue weighted by Gasteiger charge is 2.35. The molecule has 2 amide bonds. The summed E-state index contributed by atoms with van der Waals surface area (Å²) in [6, 6.07) is 6.10. The summed E-state index contributed by atoms with van der Waals surface area (Å²) in [5.74, 6) is 0.576. The van der Waals surface area contributed by atoms with Gasteiger partial charge in [0.15, 0.2) is 5.76 Å². The highest BCUT2D eigenvalue weighted by Crippen LogP contribution is 2.36. The average molecular weight is 464 g/mol. The summed E-state index contributed by atoms with van der Waals surface area (Å²) in [7, 11) is 0. The van der Waals surface area contributed by atoms with Crippen molar-refractivity contribution in [2.75, 3.05) is 4.90 Å². The van der Waals surface area contributed by atoms with E-state index in [2.05, 4.69) is 10.5 Å². The fraction of sp³-hybridized carbons (Fsp3) is 0.346. The highest BCUT2D eigenvalue weighted by molar-refractivity contribution is 6.11. The van der Waals surface area contributed by atoms with Crippen LogP contribution >= 0.6 is 0 Å². The second-order valence-corrected chi connectivity index (χ2v) is 8.93. The molecule has 3 heterocycles. The molecule has 1 aliphatic carbocycles. The van der Waals surface area contributed by atoms with Crippen molar-refractivity contribution in [1.82, 2.24) is 5.43 Å². The molecular weight excluding hydrogens is 437 g/mol. The van der Waals surface area contributed by atoms with Crippen LogP contribution < -0.4 is 10.3 Å². The van der Waals surface area contributed by atoms with Gasteiger partial charge in [-0.15, -0.1) is 0 Å². The van der Waals surface area contributed by atoms with E-state index in [1.165, 1.54) is 18.4 Å². The summed E-state index contributed by atoms with van der Waals surface area (Å²) in [4.78, 5) is 27.9. The van der Waals surface area contributed by atoms with E-state index in [0.29, 0.717) is 41.2 Å². The number of fused-ring (bicyclic) bond motifs is 2. The van der Waals surface area contributed by atoms with Crippen molar-refractivity contribution in [2.45, 2.75) is 58.9 Å². The quantitative estimate of drug-likeness (QED) is 0.549. The number of nitrogens with one attached hydrogen (secondary N) is 1. The summed E-state index contributed by atoms with van der Waals surface area (Å²) in [6.45, 7) is 5.55. The highest BCUT2D eigenvalue weighted by atomic mass is 19.1. The molecule has 0 bridgehead atoms. The van der Waals surface area contributed by atoms with E-state index in [0.717, 1.165) is 36.1 Å². The lowest BCUT2D eigenvalue weighted by Gasteiger charge is -2.34. The van der Waals surface area contributed by atoms with Gasteiger partial charge in [0, 0.05) is 29.3 Å². The van der Waals surface area contributed by atoms with Crippen LogP contribution in [0.15, 0.2) is 44.5 Å². The lowest BCUT2D eigenvalue weighted by atomic mass is 9.92. The molecule has 0 saturated carbocycles. The minimum absolute atomic E-state index is 0.0439. The second-order valence-electron chi connectivity index (χ2n) is 8.93. The third-order valence-corrected chi connectivity index (χ3v) is 6.71. The number of anilines is 1. The van der Waals surface area contributed by atoms with E-state index >= 15 is 0 Å². The van der Waals surface area contributed by atoms with Gasteiger partial charge >= 0.3 is 0 Å². The number of aryl methyl sites for hydroxylation is 3. The van der Waals surface area contributed by atoms with E-state index in [1.54, 1.807) is 24.0 Å². The molecule has 0 spiro atoms. The maximum absolute atomic E-state index is 13.8. The van der Waals surface area contributed by atoms with Crippen LogP contribution in [0, 0.1) is 19.7 Å². The number of furan rings is 2. The van der Waals surface area contributed by atoms with Gasteiger partial charge in [-0.25, -0.2) is 9.82 Å². The van der Waals surface area contributed by atoms with Crippen molar-refractivity contribution in [3.05, 3.63) is 75.9 Å². The van der Waals surface area contributed by atoms with Crippen molar-refractivity contribution in [1.29, 1.82) is 0 Å². The summed E-state index contributed by atoms with van der Waals surface area (Å²) in [6.07, 6.45) is 5.08. The molecule has 7 nitrogen and oxygen atoms in total. The van der Waals surface area contributed by atoms with Crippen LogP contribution in [0.25, 0.3) is 0 Å². The van der Waals surface area contributed by atoms with Gasteiger partial charge in [0.2, 0.25) is 0 Å². The molecule has 1 atom stereocenters. The van der Waals surface area contributed by atoms with E-state index in [4.69, 9.17) is 8.83 Å². The zero-order valence-corrected chi connectivity index (χ0v) is 19.4. The van der Waals surface area contributed by atoms with Crippen molar-refractivity contribution >= 4 is 23.2 Å². The first-order chi connectivity index (χ1) is 16.3. The molecule has 8 heteroatoms. The van der Waals surface area contributed by atoms with Crippen molar-refractivity contribution in [3.63, 3.8) is 0 Å². The molecule has 176 valence electrons. The fourth-order valence-electron chi connectivity index (χ4n) is 4.92. The Morgan fingerprint density at radius 2 is 2.00 bits per heavy atom. The van der Waals surface area contributed by atoms with Crippen molar-refractivity contribution in [3.8, 4) is 0 Å². The SMILES string of the molecule is Cc1occc1C(=O)N/N=C1\CCCc2oc(C(=O)N3c4ccc(F)cc4CCC3C)c(C)c21. The van der Waals surface area contributed by atoms with E-state index in [-0.39, 0.29) is 29.4 Å². The topological polar surface area (TPSA) is 88.0 Å². The summed E-state index contributed by atoms with van der Waals surface area (Å²) < 4.78 is 25.1. The van der Waals surface area contributed by atoms with Crippen LogP contribution in [0.2, 0.25) is 0 Å². The molecule has 34 heavy (non-hydrogen) atoms. The van der Waals surface area contributed by atoms with Crippen LogP contribution in [0.4, 0.5) is 10.1 Å². The number of rotatable bonds is 3. The van der Waals surface area contributed by atoms with Gasteiger partial charge in [0.1, 0.15) is 17.3 Å². The smallest absolute Gasteiger partial charge is 0.294 e. The first-order valence-electron chi connectivity index (χ1n) is 11.5. The number of carbonyl (C=O) groups is 2. The minimum atomic E-state index is -0.352. The summed E-state index contributed by atoms with van der Waals surface area (Å²) >= 11 is 0. The van der Waals surface area contributed by atoms with Crippen LogP contribution in [0.5, 0.6) is 0 Å². The monoisotopic (exact) mass is 463 g/mol. The number of hydrogen-bond donors (Lipinski definition) is 1. The van der Waals surface area contributed by atoms with Crippen molar-refractivity contribution < 1.29 is 22.8 Å². The van der Waals surface area contributed by atoms with Gasteiger partial charge < -0.3 is 13.7 Å². The Hall–Kier alpha value is -3.68. The second kappa shape index (κ2) is 8.59. The molecule has 2 aromatic heterocycles. The van der Waals surface area contributed by atoms with E-state index < -0.39 is 0 Å². The number of benzene rings is 1. The van der Waals surface area contributed by atoms with Gasteiger partial charge in [0.25, 0.3) is 11.8 Å². The first-order valence-corrected chi connectivity index (χ1v) is 11.5. The molecule has 1 unspecified atom stereocenters. The van der Waals surface area contributed by atoms with Crippen LogP contribution in [-0.2, 0) is 12.8 Å². The Labute approximate surface area is 196 Å². The number of amides is 2. The molecule has 1 aliphatic heterocycles. The molecule has 0 saturated heterocycles. The Balaban J connectivity index is 1.47. The Kier molecular flexibility index (Phi) is 5.59. The predicted molar refractivity (Wildman–Crippen MR) is 125 cm³/mol. The van der Waals surface area contributed by atoms with Crippen molar-refractivity contribution in [2.24, 2.45) is 5.10 Å².